The van der Waals surface area contributed by atoms with E-state index >= 15 is 0 Å². The summed E-state index contributed by atoms with van der Waals surface area (Å²) in [7, 11) is 1.60. The zero-order valence-electron chi connectivity index (χ0n) is 23.7. The number of aliphatic hydroxyl groups excluding tert-OH is 1. The van der Waals surface area contributed by atoms with Crippen molar-refractivity contribution in [2.24, 2.45) is 5.92 Å². The van der Waals surface area contributed by atoms with Gasteiger partial charge in [-0.05, 0) is 71.8 Å². The fourth-order valence-electron chi connectivity index (χ4n) is 4.80. The van der Waals surface area contributed by atoms with Gasteiger partial charge in [-0.15, -0.1) is 0 Å². The number of Topliss-reactive ketones (excluding diaryl/α,β-unsaturated/α-hetero) is 1. The molecule has 6 heteroatoms. The maximum absolute atomic E-state index is 13.6. The number of ketones is 1. The zero-order chi connectivity index (χ0) is 28.5. The second-order valence-corrected chi connectivity index (χ2v) is 11.4. The molecule has 39 heavy (non-hydrogen) atoms. The van der Waals surface area contributed by atoms with E-state index in [1.807, 2.05) is 76.2 Å². The fraction of sp³-hybridized carbons (Fsp3) is 0.333. The maximum atomic E-state index is 13.6. The molecule has 1 fully saturated rings. The topological polar surface area (TPSA) is 76.1 Å². The highest BCUT2D eigenvalue weighted by Gasteiger charge is 2.47. The van der Waals surface area contributed by atoms with Gasteiger partial charge in [-0.3, -0.25) is 14.5 Å². The minimum atomic E-state index is -0.814. The van der Waals surface area contributed by atoms with Crippen molar-refractivity contribution in [2.45, 2.75) is 53.0 Å². The Bertz CT molecular complexity index is 1410. The molecule has 1 amide bonds. The lowest BCUT2D eigenvalue weighted by Crippen LogP contribution is -2.29. The van der Waals surface area contributed by atoms with Gasteiger partial charge in [0.1, 0.15) is 17.3 Å². The first-order chi connectivity index (χ1) is 18.4. The minimum Gasteiger partial charge on any atom is -0.507 e. The van der Waals surface area contributed by atoms with Crippen molar-refractivity contribution in [3.8, 4) is 11.5 Å². The van der Waals surface area contributed by atoms with Gasteiger partial charge in [0.15, 0.2) is 0 Å². The summed E-state index contributed by atoms with van der Waals surface area (Å²) in [6.45, 7) is 12.8. The molecular formula is C33H37NO5. The molecule has 0 spiro atoms. The molecule has 4 rings (SSSR count). The Balaban J connectivity index is 1.89. The lowest BCUT2D eigenvalue weighted by atomic mass is 9.84. The monoisotopic (exact) mass is 527 g/mol. The van der Waals surface area contributed by atoms with E-state index in [1.54, 1.807) is 25.3 Å². The SMILES string of the molecule is COc1ccc(/C(O)=C2/C(=O)C(=O)N(c3cccc(C)c3)C2c2ccc(OCC(C)C)cc2)cc1C(C)(C)C. The molecule has 1 heterocycles. The summed E-state index contributed by atoms with van der Waals surface area (Å²) >= 11 is 0. The molecule has 1 atom stereocenters. The number of benzene rings is 3. The van der Waals surface area contributed by atoms with Crippen LogP contribution in [0.4, 0.5) is 5.69 Å². The summed E-state index contributed by atoms with van der Waals surface area (Å²) < 4.78 is 11.4. The second kappa shape index (κ2) is 11.0. The van der Waals surface area contributed by atoms with E-state index in [-0.39, 0.29) is 16.7 Å². The quantitative estimate of drug-likeness (QED) is 0.204. The molecule has 0 aliphatic carbocycles. The summed E-state index contributed by atoms with van der Waals surface area (Å²) in [5.41, 5.74) is 3.33. The number of carbonyl (C=O) groups is 2. The first-order valence-corrected chi connectivity index (χ1v) is 13.2. The van der Waals surface area contributed by atoms with Crippen LogP contribution in [0.15, 0.2) is 72.3 Å². The van der Waals surface area contributed by atoms with Gasteiger partial charge in [-0.25, -0.2) is 0 Å². The van der Waals surface area contributed by atoms with Crippen LogP contribution in [-0.2, 0) is 15.0 Å². The number of hydrogen-bond acceptors (Lipinski definition) is 5. The Labute approximate surface area is 230 Å². The highest BCUT2D eigenvalue weighted by molar-refractivity contribution is 6.51. The standard InChI is InChI=1S/C33H37NO5/c1-20(2)19-39-25-14-11-22(12-15-25)29-28(31(36)32(37)34(29)24-10-8-9-21(3)17-24)30(35)23-13-16-27(38-7)26(18-23)33(4,5)6/h8-18,20,29,35H,19H2,1-7H3/b30-28-. The van der Waals surface area contributed by atoms with Crippen LogP contribution in [0.25, 0.3) is 5.76 Å². The van der Waals surface area contributed by atoms with Gasteiger partial charge in [0.2, 0.25) is 0 Å². The second-order valence-electron chi connectivity index (χ2n) is 11.4. The third kappa shape index (κ3) is 5.70. The first kappa shape index (κ1) is 28.0. The highest BCUT2D eigenvalue weighted by atomic mass is 16.5. The van der Waals surface area contributed by atoms with Crippen molar-refractivity contribution in [1.82, 2.24) is 0 Å². The summed E-state index contributed by atoms with van der Waals surface area (Å²) in [5, 5.41) is 11.6. The molecule has 1 aliphatic rings. The highest BCUT2D eigenvalue weighted by Crippen LogP contribution is 2.43. The van der Waals surface area contributed by atoms with Crippen LogP contribution >= 0.6 is 0 Å². The Hall–Kier alpha value is -4.06. The summed E-state index contributed by atoms with van der Waals surface area (Å²) in [4.78, 5) is 28.5. The van der Waals surface area contributed by atoms with E-state index in [1.165, 1.54) is 4.90 Å². The average molecular weight is 528 g/mol. The van der Waals surface area contributed by atoms with Gasteiger partial charge < -0.3 is 14.6 Å². The van der Waals surface area contributed by atoms with Crippen LogP contribution in [0.2, 0.25) is 0 Å². The Morgan fingerprint density at radius 2 is 1.69 bits per heavy atom. The molecule has 3 aromatic rings. The van der Waals surface area contributed by atoms with Gasteiger partial charge >= 0.3 is 0 Å². The van der Waals surface area contributed by atoms with Crippen molar-refractivity contribution in [3.05, 3.63) is 94.6 Å². The Kier molecular flexibility index (Phi) is 7.86. The van der Waals surface area contributed by atoms with Crippen LogP contribution in [0.1, 0.15) is 62.9 Å². The molecule has 6 nitrogen and oxygen atoms in total. The molecular weight excluding hydrogens is 490 g/mol. The number of aryl methyl sites for hydroxylation is 1. The van der Waals surface area contributed by atoms with E-state index in [0.29, 0.717) is 40.8 Å². The molecule has 1 aliphatic heterocycles. The average Bonchev–Trinajstić information content (AvgIpc) is 3.16. The first-order valence-electron chi connectivity index (χ1n) is 13.2. The normalized spacial score (nSPS) is 17.1. The number of rotatable bonds is 7. The Morgan fingerprint density at radius 1 is 1.00 bits per heavy atom. The number of carbonyl (C=O) groups excluding carboxylic acids is 2. The van der Waals surface area contributed by atoms with E-state index in [2.05, 4.69) is 13.8 Å². The largest absolute Gasteiger partial charge is 0.507 e. The molecule has 204 valence electrons. The van der Waals surface area contributed by atoms with Crippen LogP contribution in [0, 0.1) is 12.8 Å². The van der Waals surface area contributed by atoms with Crippen molar-refractivity contribution in [1.29, 1.82) is 0 Å². The predicted octanol–water partition coefficient (Wildman–Crippen LogP) is 6.96. The lowest BCUT2D eigenvalue weighted by molar-refractivity contribution is -0.132. The van der Waals surface area contributed by atoms with Crippen molar-refractivity contribution < 1.29 is 24.2 Å². The van der Waals surface area contributed by atoms with Crippen molar-refractivity contribution in [3.63, 3.8) is 0 Å². The van der Waals surface area contributed by atoms with E-state index in [4.69, 9.17) is 9.47 Å². The van der Waals surface area contributed by atoms with Crippen LogP contribution in [0.5, 0.6) is 11.5 Å². The van der Waals surface area contributed by atoms with E-state index < -0.39 is 17.7 Å². The molecule has 1 saturated heterocycles. The summed E-state index contributed by atoms with van der Waals surface area (Å²) in [5.74, 6) is 0.129. The zero-order valence-corrected chi connectivity index (χ0v) is 23.7. The van der Waals surface area contributed by atoms with E-state index in [0.717, 1.165) is 11.1 Å². The third-order valence-corrected chi connectivity index (χ3v) is 6.78. The number of ether oxygens (including phenoxy) is 2. The maximum Gasteiger partial charge on any atom is 0.300 e. The van der Waals surface area contributed by atoms with Gasteiger partial charge in [0.05, 0.1) is 25.3 Å². The van der Waals surface area contributed by atoms with Crippen LogP contribution in [0.3, 0.4) is 0 Å². The lowest BCUT2D eigenvalue weighted by Gasteiger charge is -2.26. The molecule has 0 radical (unpaired) electrons. The molecule has 0 aromatic heterocycles. The molecule has 0 saturated carbocycles. The van der Waals surface area contributed by atoms with Crippen molar-refractivity contribution >= 4 is 23.1 Å². The molecule has 1 N–H and O–H groups in total. The van der Waals surface area contributed by atoms with Crippen molar-refractivity contribution in [2.75, 3.05) is 18.6 Å². The summed E-state index contributed by atoms with van der Waals surface area (Å²) in [6, 6.07) is 19.3. The fourth-order valence-corrected chi connectivity index (χ4v) is 4.80. The number of anilines is 1. The van der Waals surface area contributed by atoms with Crippen LogP contribution in [-0.4, -0.2) is 30.5 Å². The minimum absolute atomic E-state index is 0.0439. The van der Waals surface area contributed by atoms with Gasteiger partial charge in [-0.2, -0.15) is 0 Å². The number of amides is 1. The van der Waals surface area contributed by atoms with E-state index in [9.17, 15) is 14.7 Å². The molecule has 0 bridgehead atoms. The number of hydrogen-bond donors (Lipinski definition) is 1. The molecule has 3 aromatic carbocycles. The summed E-state index contributed by atoms with van der Waals surface area (Å²) in [6.07, 6.45) is 0. The van der Waals surface area contributed by atoms with Gasteiger partial charge in [0, 0.05) is 16.8 Å². The van der Waals surface area contributed by atoms with Gasteiger partial charge in [0.25, 0.3) is 11.7 Å². The number of nitrogens with zero attached hydrogens (tertiary/aromatic N) is 1. The number of aliphatic hydroxyl groups is 1. The third-order valence-electron chi connectivity index (χ3n) is 6.78. The molecule has 1 unspecified atom stereocenters. The predicted molar refractivity (Wildman–Crippen MR) is 154 cm³/mol. The Morgan fingerprint density at radius 3 is 2.28 bits per heavy atom. The number of methoxy groups -OCH3 is 1. The van der Waals surface area contributed by atoms with Crippen LogP contribution < -0.4 is 14.4 Å². The smallest absolute Gasteiger partial charge is 0.300 e. The van der Waals surface area contributed by atoms with Gasteiger partial charge in [-0.1, -0.05) is 58.9 Å².